The average Bonchev–Trinajstić information content (AvgIpc) is 2.55. The molecular weight excluding hydrogens is 232 g/mol. The molecule has 0 fully saturated rings. The van der Waals surface area contributed by atoms with Crippen LogP contribution in [0.5, 0.6) is 0 Å². The van der Waals surface area contributed by atoms with Gasteiger partial charge >= 0.3 is 5.97 Å². The number of aliphatic hydroxyl groups is 4. The van der Waals surface area contributed by atoms with E-state index < -0.39 is 24.5 Å². The predicted molar refractivity (Wildman–Crippen MR) is 54.0 cm³/mol. The molecule has 0 bridgehead atoms. The van der Waals surface area contributed by atoms with Crippen LogP contribution in [0.2, 0.25) is 0 Å². The lowest BCUT2D eigenvalue weighted by Crippen LogP contribution is -2.27. The fourth-order valence-electron chi connectivity index (χ4n) is 1.35. The second-order valence-electron chi connectivity index (χ2n) is 3.75. The Bertz CT molecular complexity index is 401. The zero-order valence-electron chi connectivity index (χ0n) is 9.12. The summed E-state index contributed by atoms with van der Waals surface area (Å²) in [4.78, 5) is 10.7. The maximum Gasteiger partial charge on any atom is 0.339 e. The largest absolute Gasteiger partial charge is 0.478 e. The fourth-order valence-corrected chi connectivity index (χ4v) is 1.35. The highest BCUT2D eigenvalue weighted by molar-refractivity contribution is 5.88. The van der Waals surface area contributed by atoms with Gasteiger partial charge in [0.05, 0.1) is 0 Å². The topological polar surface area (TPSA) is 131 Å². The third kappa shape index (κ3) is 3.82. The average molecular weight is 246 g/mol. The van der Waals surface area contributed by atoms with Gasteiger partial charge in [0.25, 0.3) is 5.97 Å². The van der Waals surface area contributed by atoms with Crippen LogP contribution in [0.15, 0.2) is 10.5 Å². The molecule has 0 radical (unpaired) electrons. The lowest BCUT2D eigenvalue weighted by atomic mass is 10.1. The van der Waals surface area contributed by atoms with E-state index in [1.165, 1.54) is 6.92 Å². The van der Waals surface area contributed by atoms with Crippen molar-refractivity contribution >= 4 is 5.97 Å². The first-order valence-corrected chi connectivity index (χ1v) is 4.89. The van der Waals surface area contributed by atoms with Crippen molar-refractivity contribution < 1.29 is 34.7 Å². The Kier molecular flexibility index (Phi) is 3.89. The quantitative estimate of drug-likeness (QED) is 0.452. The molecule has 0 aliphatic rings. The highest BCUT2D eigenvalue weighted by Crippen LogP contribution is 2.25. The lowest BCUT2D eigenvalue weighted by Gasteiger charge is -2.15. The van der Waals surface area contributed by atoms with Crippen molar-refractivity contribution in [3.05, 3.63) is 23.2 Å². The second kappa shape index (κ2) is 4.84. The minimum atomic E-state index is -2.86. The fraction of sp³-hybridized carbons (Fsp3) is 0.500. The van der Waals surface area contributed by atoms with Crippen molar-refractivity contribution in [2.75, 3.05) is 0 Å². The van der Waals surface area contributed by atoms with E-state index in [2.05, 4.69) is 0 Å². The Morgan fingerprint density at radius 1 is 1.47 bits per heavy atom. The zero-order chi connectivity index (χ0) is 13.2. The molecule has 96 valence electrons. The van der Waals surface area contributed by atoms with Crippen LogP contribution in [0.4, 0.5) is 0 Å². The van der Waals surface area contributed by atoms with Crippen LogP contribution >= 0.6 is 0 Å². The van der Waals surface area contributed by atoms with Crippen molar-refractivity contribution in [2.45, 2.75) is 31.8 Å². The number of carboxylic acids is 1. The van der Waals surface area contributed by atoms with Crippen molar-refractivity contribution in [1.29, 1.82) is 0 Å². The smallest absolute Gasteiger partial charge is 0.339 e. The number of carbonyl (C=O) groups is 1. The molecule has 0 saturated heterocycles. The summed E-state index contributed by atoms with van der Waals surface area (Å²) >= 11 is 0. The van der Waals surface area contributed by atoms with Crippen molar-refractivity contribution in [3.8, 4) is 0 Å². The van der Waals surface area contributed by atoms with Gasteiger partial charge < -0.3 is 29.9 Å². The molecule has 0 aromatic carbocycles. The van der Waals surface area contributed by atoms with Crippen molar-refractivity contribution in [1.82, 2.24) is 0 Å². The molecule has 0 aliphatic carbocycles. The Labute approximate surface area is 96.5 Å². The Morgan fingerprint density at radius 3 is 2.47 bits per heavy atom. The number of aliphatic hydroxyl groups excluding tert-OH is 1. The molecule has 0 spiro atoms. The van der Waals surface area contributed by atoms with Gasteiger partial charge in [0.1, 0.15) is 23.2 Å². The monoisotopic (exact) mass is 246 g/mol. The van der Waals surface area contributed by atoms with Crippen molar-refractivity contribution in [2.24, 2.45) is 0 Å². The summed E-state index contributed by atoms with van der Waals surface area (Å²) in [6, 6.07) is 1.16. The Hall–Kier alpha value is -1.41. The molecule has 1 rings (SSSR count). The van der Waals surface area contributed by atoms with Crippen LogP contribution in [0, 0.1) is 6.92 Å². The van der Waals surface area contributed by atoms with Gasteiger partial charge in [-0.15, -0.1) is 0 Å². The number of rotatable bonds is 5. The number of carboxylic acid groups (broad SMARTS) is 1. The van der Waals surface area contributed by atoms with Gasteiger partial charge in [-0.2, -0.15) is 0 Å². The summed E-state index contributed by atoms with van der Waals surface area (Å²) in [6.07, 6.45) is -1.89. The van der Waals surface area contributed by atoms with Crippen LogP contribution in [0.3, 0.4) is 0 Å². The molecule has 1 aromatic heterocycles. The maximum atomic E-state index is 10.7. The molecule has 5 N–H and O–H groups in total. The van der Waals surface area contributed by atoms with Crippen LogP contribution < -0.4 is 0 Å². The minimum Gasteiger partial charge on any atom is -0.478 e. The molecule has 1 heterocycles. The Balaban J connectivity index is 2.73. The van der Waals surface area contributed by atoms with Crippen LogP contribution in [0.25, 0.3) is 0 Å². The van der Waals surface area contributed by atoms with Gasteiger partial charge in [-0.25, -0.2) is 4.79 Å². The second-order valence-corrected chi connectivity index (χ2v) is 3.75. The van der Waals surface area contributed by atoms with Gasteiger partial charge in [-0.05, 0) is 19.4 Å². The highest BCUT2D eigenvalue weighted by atomic mass is 16.7. The van der Waals surface area contributed by atoms with Gasteiger partial charge in [-0.1, -0.05) is 0 Å². The normalized spacial score (nSPS) is 13.7. The molecule has 0 saturated carbocycles. The number of hydrogen-bond donors (Lipinski definition) is 5. The van der Waals surface area contributed by atoms with Gasteiger partial charge in [0.2, 0.25) is 0 Å². The Morgan fingerprint density at radius 2 is 2.06 bits per heavy atom. The molecule has 1 atom stereocenters. The minimum absolute atomic E-state index is 0.00384. The van der Waals surface area contributed by atoms with Crippen molar-refractivity contribution in [3.63, 3.8) is 0 Å². The van der Waals surface area contributed by atoms with E-state index in [4.69, 9.17) is 24.8 Å². The molecule has 7 heteroatoms. The zero-order valence-corrected chi connectivity index (χ0v) is 9.12. The number of aromatic carboxylic acids is 1. The van der Waals surface area contributed by atoms with Crippen LogP contribution in [-0.2, 0) is 0 Å². The first-order chi connectivity index (χ1) is 7.70. The van der Waals surface area contributed by atoms with E-state index in [0.717, 1.165) is 6.07 Å². The molecule has 17 heavy (non-hydrogen) atoms. The van der Waals surface area contributed by atoms with Gasteiger partial charge in [0, 0.05) is 6.42 Å². The molecular formula is C10H14O7. The van der Waals surface area contributed by atoms with E-state index in [9.17, 15) is 9.90 Å². The summed E-state index contributed by atoms with van der Waals surface area (Å²) in [6.45, 7) is 1.44. The summed E-state index contributed by atoms with van der Waals surface area (Å²) < 4.78 is 5.03. The number of furan rings is 1. The van der Waals surface area contributed by atoms with E-state index >= 15 is 0 Å². The molecule has 0 amide bonds. The first-order valence-electron chi connectivity index (χ1n) is 4.89. The third-order valence-corrected chi connectivity index (χ3v) is 2.25. The molecule has 0 aliphatic heterocycles. The first kappa shape index (κ1) is 13.7. The maximum absolute atomic E-state index is 10.7. The van der Waals surface area contributed by atoms with E-state index in [1.54, 1.807) is 0 Å². The SMILES string of the molecule is Cc1oc(C(O)CCC(O)(O)O)cc1C(=O)O. The standard InChI is InChI=1S/C10H14O7/c1-5-6(9(12)13)4-8(17-5)7(11)2-3-10(14,15)16/h4,7,11,14-16H,2-3H2,1H3,(H,12,13). The van der Waals surface area contributed by atoms with E-state index in [0.29, 0.717) is 0 Å². The highest BCUT2D eigenvalue weighted by Gasteiger charge is 2.24. The van der Waals surface area contributed by atoms with Crippen LogP contribution in [-0.4, -0.2) is 37.5 Å². The lowest BCUT2D eigenvalue weighted by molar-refractivity contribution is -0.316. The molecule has 7 nitrogen and oxygen atoms in total. The van der Waals surface area contributed by atoms with Gasteiger partial charge in [0.15, 0.2) is 0 Å². The number of hydrogen-bond acceptors (Lipinski definition) is 6. The van der Waals surface area contributed by atoms with E-state index in [-0.39, 0.29) is 23.5 Å². The van der Waals surface area contributed by atoms with E-state index in [1.807, 2.05) is 0 Å². The molecule has 1 aromatic rings. The third-order valence-electron chi connectivity index (χ3n) is 2.25. The summed E-state index contributed by atoms with van der Waals surface area (Å²) in [5.74, 6) is -3.89. The van der Waals surface area contributed by atoms with Gasteiger partial charge in [-0.3, -0.25) is 0 Å². The summed E-state index contributed by atoms with van der Waals surface area (Å²) in [5, 5.41) is 44.3. The summed E-state index contributed by atoms with van der Waals surface area (Å²) in [7, 11) is 0. The number of aryl methyl sites for hydroxylation is 1. The van der Waals surface area contributed by atoms with Crippen LogP contribution in [0.1, 0.15) is 40.8 Å². The summed E-state index contributed by atoms with van der Waals surface area (Å²) in [5.41, 5.74) is -0.0673. The molecule has 1 unspecified atom stereocenters. The predicted octanol–water partition coefficient (Wildman–Crippen LogP) is -0.269.